The zero-order valence-electron chi connectivity index (χ0n) is 13.4. The van der Waals surface area contributed by atoms with E-state index in [2.05, 4.69) is 19.2 Å². The number of hydrogen-bond acceptors (Lipinski definition) is 4. The van der Waals surface area contributed by atoms with E-state index in [1.807, 2.05) is 49.0 Å². The first-order valence-electron chi connectivity index (χ1n) is 7.79. The van der Waals surface area contributed by atoms with Gasteiger partial charge in [-0.15, -0.1) is 0 Å². The molecule has 0 heterocycles. The first kappa shape index (κ1) is 18.5. The van der Waals surface area contributed by atoms with Crippen LogP contribution in [0.15, 0.2) is 30.3 Å². The highest BCUT2D eigenvalue weighted by Gasteiger charge is 2.10. The molecule has 120 valence electrons. The molecule has 0 aliphatic carbocycles. The topological polar surface area (TPSA) is 41.5 Å². The molecule has 0 bridgehead atoms. The molecular formula is C17H29NO2S. The van der Waals surface area contributed by atoms with Crippen LogP contribution in [0, 0.1) is 0 Å². The minimum Gasteiger partial charge on any atom is -0.389 e. The summed E-state index contributed by atoms with van der Waals surface area (Å²) in [5, 5.41) is 13.3. The van der Waals surface area contributed by atoms with E-state index in [0.717, 1.165) is 12.0 Å². The lowest BCUT2D eigenvalue weighted by molar-refractivity contribution is -0.00275. The van der Waals surface area contributed by atoms with Crippen molar-refractivity contribution in [1.82, 2.24) is 5.32 Å². The Balaban J connectivity index is 2.14. The molecule has 1 aromatic carbocycles. The van der Waals surface area contributed by atoms with Gasteiger partial charge in [0, 0.05) is 12.6 Å². The fourth-order valence-electron chi connectivity index (χ4n) is 1.98. The Morgan fingerprint density at radius 2 is 1.95 bits per heavy atom. The van der Waals surface area contributed by atoms with E-state index in [-0.39, 0.29) is 6.10 Å². The molecule has 0 aromatic heterocycles. The molecule has 3 unspecified atom stereocenters. The second-order valence-electron chi connectivity index (χ2n) is 5.33. The average Bonchev–Trinajstić information content (AvgIpc) is 2.51. The number of nitrogens with one attached hydrogen (secondary N) is 1. The largest absolute Gasteiger partial charge is 0.389 e. The van der Waals surface area contributed by atoms with Gasteiger partial charge in [0.2, 0.25) is 0 Å². The zero-order chi connectivity index (χ0) is 15.5. The first-order chi connectivity index (χ1) is 10.1. The van der Waals surface area contributed by atoms with Crippen LogP contribution < -0.4 is 5.32 Å². The molecule has 0 aliphatic rings. The SMILES string of the molecule is CCSCCC(C)NCC(O)COC(C)c1ccccc1. The van der Waals surface area contributed by atoms with Crippen LogP contribution in [-0.2, 0) is 4.74 Å². The number of aliphatic hydroxyl groups excluding tert-OH is 1. The highest BCUT2D eigenvalue weighted by molar-refractivity contribution is 7.99. The highest BCUT2D eigenvalue weighted by Crippen LogP contribution is 2.15. The van der Waals surface area contributed by atoms with Gasteiger partial charge in [-0.3, -0.25) is 0 Å². The van der Waals surface area contributed by atoms with Crippen LogP contribution in [0.3, 0.4) is 0 Å². The van der Waals surface area contributed by atoms with Crippen molar-refractivity contribution >= 4 is 11.8 Å². The average molecular weight is 311 g/mol. The molecule has 0 saturated heterocycles. The Morgan fingerprint density at radius 3 is 2.62 bits per heavy atom. The molecular weight excluding hydrogens is 282 g/mol. The smallest absolute Gasteiger partial charge is 0.0898 e. The van der Waals surface area contributed by atoms with E-state index in [1.54, 1.807) is 0 Å². The predicted octanol–water partition coefficient (Wildman–Crippen LogP) is 3.25. The first-order valence-corrected chi connectivity index (χ1v) is 8.94. The van der Waals surface area contributed by atoms with Gasteiger partial charge in [-0.2, -0.15) is 11.8 Å². The third kappa shape index (κ3) is 8.47. The maximum absolute atomic E-state index is 9.97. The van der Waals surface area contributed by atoms with Crippen molar-refractivity contribution in [2.45, 2.75) is 45.4 Å². The van der Waals surface area contributed by atoms with Crippen molar-refractivity contribution in [1.29, 1.82) is 0 Å². The lowest BCUT2D eigenvalue weighted by atomic mass is 10.1. The number of ether oxygens (including phenoxy) is 1. The summed E-state index contributed by atoms with van der Waals surface area (Å²) in [5.74, 6) is 2.34. The van der Waals surface area contributed by atoms with Crippen molar-refractivity contribution in [3.8, 4) is 0 Å². The Labute approximate surface area is 133 Å². The molecule has 2 N–H and O–H groups in total. The predicted molar refractivity (Wildman–Crippen MR) is 91.9 cm³/mol. The van der Waals surface area contributed by atoms with Gasteiger partial charge in [-0.25, -0.2) is 0 Å². The van der Waals surface area contributed by atoms with Crippen molar-refractivity contribution in [3.63, 3.8) is 0 Å². The van der Waals surface area contributed by atoms with Gasteiger partial charge >= 0.3 is 0 Å². The van der Waals surface area contributed by atoms with Gasteiger partial charge in [0.25, 0.3) is 0 Å². The van der Waals surface area contributed by atoms with Crippen LogP contribution in [0.2, 0.25) is 0 Å². The van der Waals surface area contributed by atoms with E-state index in [4.69, 9.17) is 4.74 Å². The summed E-state index contributed by atoms with van der Waals surface area (Å²) in [7, 11) is 0. The fourth-order valence-corrected chi connectivity index (χ4v) is 2.79. The number of hydrogen-bond donors (Lipinski definition) is 2. The molecule has 1 aromatic rings. The molecule has 3 nitrogen and oxygen atoms in total. The Morgan fingerprint density at radius 1 is 1.24 bits per heavy atom. The molecule has 0 amide bonds. The fraction of sp³-hybridized carbons (Fsp3) is 0.647. The van der Waals surface area contributed by atoms with Gasteiger partial charge in [0.05, 0.1) is 18.8 Å². The van der Waals surface area contributed by atoms with Gasteiger partial charge in [0.15, 0.2) is 0 Å². The lowest BCUT2D eigenvalue weighted by Gasteiger charge is -2.19. The van der Waals surface area contributed by atoms with E-state index in [1.165, 1.54) is 11.5 Å². The normalized spacial score (nSPS) is 15.6. The Hall–Kier alpha value is -0.550. The molecule has 0 radical (unpaired) electrons. The van der Waals surface area contributed by atoms with E-state index < -0.39 is 6.10 Å². The van der Waals surface area contributed by atoms with Gasteiger partial charge in [-0.1, -0.05) is 37.3 Å². The van der Waals surface area contributed by atoms with Gasteiger partial charge in [-0.05, 0) is 37.3 Å². The van der Waals surface area contributed by atoms with E-state index in [0.29, 0.717) is 19.2 Å². The molecule has 0 aliphatic heterocycles. The minimum atomic E-state index is -0.461. The van der Waals surface area contributed by atoms with Crippen LogP contribution in [-0.4, -0.2) is 41.9 Å². The highest BCUT2D eigenvalue weighted by atomic mass is 32.2. The molecule has 0 fully saturated rings. The summed E-state index contributed by atoms with van der Waals surface area (Å²) in [6.45, 7) is 7.30. The third-order valence-corrected chi connectivity index (χ3v) is 4.34. The number of rotatable bonds is 11. The van der Waals surface area contributed by atoms with Crippen LogP contribution >= 0.6 is 11.8 Å². The van der Waals surface area contributed by atoms with E-state index in [9.17, 15) is 5.11 Å². The monoisotopic (exact) mass is 311 g/mol. The van der Waals surface area contributed by atoms with E-state index >= 15 is 0 Å². The summed E-state index contributed by atoms with van der Waals surface area (Å²) < 4.78 is 5.73. The van der Waals surface area contributed by atoms with Crippen LogP contribution in [0.5, 0.6) is 0 Å². The maximum Gasteiger partial charge on any atom is 0.0898 e. The van der Waals surface area contributed by atoms with Crippen LogP contribution in [0.25, 0.3) is 0 Å². The molecule has 4 heteroatoms. The second-order valence-corrected chi connectivity index (χ2v) is 6.73. The molecule has 21 heavy (non-hydrogen) atoms. The Kier molecular flexibility index (Phi) is 9.76. The minimum absolute atomic E-state index is 0.0132. The van der Waals surface area contributed by atoms with Crippen molar-refractivity contribution in [2.24, 2.45) is 0 Å². The zero-order valence-corrected chi connectivity index (χ0v) is 14.2. The van der Waals surface area contributed by atoms with Crippen molar-refractivity contribution in [2.75, 3.05) is 24.7 Å². The Bertz CT molecular complexity index is 361. The lowest BCUT2D eigenvalue weighted by Crippen LogP contribution is -2.36. The number of thioether (sulfide) groups is 1. The van der Waals surface area contributed by atoms with Crippen LogP contribution in [0.1, 0.15) is 38.9 Å². The van der Waals surface area contributed by atoms with Crippen molar-refractivity contribution in [3.05, 3.63) is 35.9 Å². The standard InChI is InChI=1S/C17H29NO2S/c1-4-21-11-10-14(2)18-12-17(19)13-20-15(3)16-8-6-5-7-9-16/h5-9,14-15,17-19H,4,10-13H2,1-3H3. The summed E-state index contributed by atoms with van der Waals surface area (Å²) >= 11 is 1.96. The van der Waals surface area contributed by atoms with Crippen molar-refractivity contribution < 1.29 is 9.84 Å². The van der Waals surface area contributed by atoms with Gasteiger partial charge in [0.1, 0.15) is 0 Å². The summed E-state index contributed by atoms with van der Waals surface area (Å²) in [6.07, 6.45) is 0.684. The maximum atomic E-state index is 9.97. The quantitative estimate of drug-likeness (QED) is 0.616. The van der Waals surface area contributed by atoms with Gasteiger partial charge < -0.3 is 15.2 Å². The summed E-state index contributed by atoms with van der Waals surface area (Å²) in [4.78, 5) is 0. The number of aliphatic hydroxyl groups is 1. The molecule has 0 saturated carbocycles. The molecule has 1 rings (SSSR count). The number of benzene rings is 1. The van der Waals surface area contributed by atoms with Crippen LogP contribution in [0.4, 0.5) is 0 Å². The second kappa shape index (κ2) is 11.1. The molecule has 3 atom stereocenters. The third-order valence-electron chi connectivity index (χ3n) is 3.41. The summed E-state index contributed by atoms with van der Waals surface area (Å²) in [5.41, 5.74) is 1.14. The molecule has 0 spiro atoms. The summed E-state index contributed by atoms with van der Waals surface area (Å²) in [6, 6.07) is 10.5.